The molecule has 0 fully saturated rings. The molecule has 0 aliphatic rings. The molecular weight excluding hydrogens is 283 g/mol. The highest BCUT2D eigenvalue weighted by molar-refractivity contribution is 6.44. The van der Waals surface area contributed by atoms with Crippen LogP contribution in [-0.4, -0.2) is 12.4 Å². The highest BCUT2D eigenvalue weighted by atomic mass is 35.5. The third-order valence-electron chi connectivity index (χ3n) is 2.62. The lowest BCUT2D eigenvalue weighted by Gasteiger charge is -2.06. The highest BCUT2D eigenvalue weighted by Gasteiger charge is 2.14. The summed E-state index contributed by atoms with van der Waals surface area (Å²) in [5, 5.41) is 0.654. The van der Waals surface area contributed by atoms with E-state index in [1.807, 2.05) is 6.92 Å². The summed E-state index contributed by atoms with van der Waals surface area (Å²) in [6, 6.07) is 12.0. The van der Waals surface area contributed by atoms with Gasteiger partial charge in [0.05, 0.1) is 16.7 Å². The molecule has 2 rings (SSSR count). The maximum absolute atomic E-state index is 12.3. The summed E-state index contributed by atoms with van der Waals surface area (Å²) in [7, 11) is 0. The van der Waals surface area contributed by atoms with Gasteiger partial charge in [0, 0.05) is 11.1 Å². The van der Waals surface area contributed by atoms with E-state index >= 15 is 0 Å². The number of benzene rings is 2. The first-order valence-corrected chi connectivity index (χ1v) is 6.60. The third-order valence-corrected chi connectivity index (χ3v) is 3.44. The molecule has 0 unspecified atom stereocenters. The van der Waals surface area contributed by atoms with Gasteiger partial charge in [0.25, 0.3) is 0 Å². The van der Waals surface area contributed by atoms with Gasteiger partial charge in [-0.25, -0.2) is 0 Å². The van der Waals surface area contributed by atoms with E-state index in [4.69, 9.17) is 27.9 Å². The van der Waals surface area contributed by atoms with E-state index in [1.165, 1.54) is 0 Å². The Labute approximate surface area is 121 Å². The molecule has 0 saturated carbocycles. The van der Waals surface area contributed by atoms with Gasteiger partial charge >= 0.3 is 0 Å². The van der Waals surface area contributed by atoms with Crippen molar-refractivity contribution in [1.82, 2.24) is 0 Å². The summed E-state index contributed by atoms with van der Waals surface area (Å²) in [5.41, 5.74) is 0.950. The maximum atomic E-state index is 12.3. The Morgan fingerprint density at radius 2 is 1.79 bits per heavy atom. The van der Waals surface area contributed by atoms with Gasteiger partial charge in [-0.15, -0.1) is 0 Å². The van der Waals surface area contributed by atoms with Crippen LogP contribution in [0.15, 0.2) is 42.5 Å². The van der Waals surface area contributed by atoms with Crippen molar-refractivity contribution in [1.29, 1.82) is 0 Å². The molecule has 0 atom stereocenters. The van der Waals surface area contributed by atoms with Crippen LogP contribution < -0.4 is 4.74 Å². The topological polar surface area (TPSA) is 26.3 Å². The summed E-state index contributed by atoms with van der Waals surface area (Å²) in [5.74, 6) is 0.576. The summed E-state index contributed by atoms with van der Waals surface area (Å²) < 4.78 is 5.33. The fraction of sp³-hybridized carbons (Fsp3) is 0.133. The molecule has 0 aliphatic heterocycles. The molecule has 4 heteroatoms. The second-order valence-corrected chi connectivity index (χ2v) is 4.67. The molecule has 2 aromatic carbocycles. The van der Waals surface area contributed by atoms with Crippen LogP contribution in [-0.2, 0) is 0 Å². The minimum absolute atomic E-state index is 0.157. The lowest BCUT2D eigenvalue weighted by molar-refractivity contribution is 0.103. The number of halogens is 2. The summed E-state index contributed by atoms with van der Waals surface area (Å²) in [6.45, 7) is 2.50. The smallest absolute Gasteiger partial charge is 0.194 e. The van der Waals surface area contributed by atoms with Gasteiger partial charge < -0.3 is 4.74 Å². The zero-order valence-electron chi connectivity index (χ0n) is 10.3. The summed E-state index contributed by atoms with van der Waals surface area (Å²) >= 11 is 11.9. The Balaban J connectivity index is 2.31. The second kappa shape index (κ2) is 6.09. The van der Waals surface area contributed by atoms with Crippen molar-refractivity contribution >= 4 is 29.0 Å². The fourth-order valence-corrected chi connectivity index (χ4v) is 2.09. The highest BCUT2D eigenvalue weighted by Crippen LogP contribution is 2.27. The van der Waals surface area contributed by atoms with Crippen molar-refractivity contribution in [3.8, 4) is 5.75 Å². The quantitative estimate of drug-likeness (QED) is 0.769. The van der Waals surface area contributed by atoms with Gasteiger partial charge in [0.15, 0.2) is 5.78 Å². The Kier molecular flexibility index (Phi) is 4.46. The minimum atomic E-state index is -0.157. The van der Waals surface area contributed by atoms with E-state index in [0.29, 0.717) is 22.8 Å². The predicted molar refractivity (Wildman–Crippen MR) is 77.5 cm³/mol. The van der Waals surface area contributed by atoms with Gasteiger partial charge in [0.1, 0.15) is 5.75 Å². The van der Waals surface area contributed by atoms with E-state index in [1.54, 1.807) is 42.5 Å². The number of carbonyl (C=O) groups excluding carboxylic acids is 1. The van der Waals surface area contributed by atoms with Gasteiger partial charge in [-0.2, -0.15) is 0 Å². The zero-order chi connectivity index (χ0) is 13.8. The monoisotopic (exact) mass is 294 g/mol. The molecule has 0 spiro atoms. The third kappa shape index (κ3) is 3.09. The number of ether oxygens (including phenoxy) is 1. The van der Waals surface area contributed by atoms with Crippen molar-refractivity contribution in [2.24, 2.45) is 0 Å². The Bertz CT molecular complexity index is 592. The minimum Gasteiger partial charge on any atom is -0.494 e. The number of ketones is 1. The average molecular weight is 295 g/mol. The number of rotatable bonds is 4. The molecule has 19 heavy (non-hydrogen) atoms. The number of carbonyl (C=O) groups is 1. The molecule has 2 nitrogen and oxygen atoms in total. The fourth-order valence-electron chi connectivity index (χ4n) is 1.70. The molecule has 0 bridgehead atoms. The van der Waals surface area contributed by atoms with E-state index in [-0.39, 0.29) is 10.8 Å². The molecule has 0 N–H and O–H groups in total. The van der Waals surface area contributed by atoms with E-state index < -0.39 is 0 Å². The second-order valence-electron chi connectivity index (χ2n) is 3.89. The predicted octanol–water partition coefficient (Wildman–Crippen LogP) is 4.62. The van der Waals surface area contributed by atoms with Crippen molar-refractivity contribution in [2.45, 2.75) is 6.92 Å². The molecule has 0 aromatic heterocycles. The zero-order valence-corrected chi connectivity index (χ0v) is 11.8. The van der Waals surface area contributed by atoms with E-state index in [9.17, 15) is 4.79 Å². The maximum Gasteiger partial charge on any atom is 0.194 e. The largest absolute Gasteiger partial charge is 0.494 e. The van der Waals surface area contributed by atoms with Gasteiger partial charge in [-0.05, 0) is 43.3 Å². The van der Waals surface area contributed by atoms with Gasteiger partial charge in [-0.1, -0.05) is 29.3 Å². The Morgan fingerprint density at radius 3 is 2.42 bits per heavy atom. The van der Waals surface area contributed by atoms with E-state index in [0.717, 1.165) is 5.75 Å². The van der Waals surface area contributed by atoms with Crippen LogP contribution in [0.5, 0.6) is 5.75 Å². The normalized spacial score (nSPS) is 10.3. The van der Waals surface area contributed by atoms with Crippen LogP contribution in [0, 0.1) is 0 Å². The molecule has 0 saturated heterocycles. The molecule has 0 aliphatic carbocycles. The number of hydrogen-bond acceptors (Lipinski definition) is 2. The summed E-state index contributed by atoms with van der Waals surface area (Å²) in [4.78, 5) is 12.3. The lowest BCUT2D eigenvalue weighted by atomic mass is 10.0. The molecular formula is C15H12Cl2O2. The number of hydrogen-bond donors (Lipinski definition) is 0. The standard InChI is InChI=1S/C15H12Cl2O2/c1-2-19-11-8-6-10(7-9-11)15(18)12-4-3-5-13(16)14(12)17/h3-9H,2H2,1H3. The van der Waals surface area contributed by atoms with Crippen LogP contribution >= 0.6 is 23.2 Å². The first-order valence-electron chi connectivity index (χ1n) is 5.85. The first kappa shape index (κ1) is 13.9. The molecule has 98 valence electrons. The Hall–Kier alpha value is -1.51. The molecule has 0 radical (unpaired) electrons. The SMILES string of the molecule is CCOc1ccc(C(=O)c2cccc(Cl)c2Cl)cc1. The lowest BCUT2D eigenvalue weighted by Crippen LogP contribution is -2.02. The van der Waals surface area contributed by atoms with Gasteiger partial charge in [-0.3, -0.25) is 4.79 Å². The molecule has 2 aromatic rings. The average Bonchev–Trinajstić information content (AvgIpc) is 2.42. The van der Waals surface area contributed by atoms with Crippen molar-refractivity contribution in [2.75, 3.05) is 6.61 Å². The molecule has 0 amide bonds. The van der Waals surface area contributed by atoms with Gasteiger partial charge in [0.2, 0.25) is 0 Å². The van der Waals surface area contributed by atoms with Crippen molar-refractivity contribution in [3.63, 3.8) is 0 Å². The van der Waals surface area contributed by atoms with E-state index in [2.05, 4.69) is 0 Å². The van der Waals surface area contributed by atoms with Crippen LogP contribution in [0.25, 0.3) is 0 Å². The van der Waals surface area contributed by atoms with Crippen molar-refractivity contribution in [3.05, 3.63) is 63.6 Å². The van der Waals surface area contributed by atoms with Crippen LogP contribution in [0.1, 0.15) is 22.8 Å². The summed E-state index contributed by atoms with van der Waals surface area (Å²) in [6.07, 6.45) is 0. The van der Waals surface area contributed by atoms with Crippen molar-refractivity contribution < 1.29 is 9.53 Å². The van der Waals surface area contributed by atoms with Crippen LogP contribution in [0.3, 0.4) is 0 Å². The Morgan fingerprint density at radius 1 is 1.11 bits per heavy atom. The molecule has 0 heterocycles. The van der Waals surface area contributed by atoms with Crippen LogP contribution in [0.4, 0.5) is 0 Å². The first-order chi connectivity index (χ1) is 9.13. The van der Waals surface area contributed by atoms with Crippen LogP contribution in [0.2, 0.25) is 10.0 Å².